The van der Waals surface area contributed by atoms with Crippen LogP contribution in [-0.2, 0) is 20.7 Å². The molecule has 5 nitrogen and oxygen atoms in total. The molecule has 2 heterocycles. The number of amides is 1. The van der Waals surface area contributed by atoms with Crippen molar-refractivity contribution in [1.29, 1.82) is 0 Å². The second-order valence-corrected chi connectivity index (χ2v) is 7.03. The first-order valence-corrected chi connectivity index (χ1v) is 8.10. The lowest BCUT2D eigenvalue weighted by Gasteiger charge is -2.30. The molecule has 1 N–H and O–H groups in total. The van der Waals surface area contributed by atoms with Crippen molar-refractivity contribution in [2.24, 2.45) is 0 Å². The lowest BCUT2D eigenvalue weighted by atomic mass is 10.1. The van der Waals surface area contributed by atoms with Gasteiger partial charge in [-0.15, -0.1) is 11.3 Å². The van der Waals surface area contributed by atoms with Crippen molar-refractivity contribution in [3.05, 3.63) is 20.3 Å². The normalized spacial score (nSPS) is 18.8. The monoisotopic (exact) mass is 351 g/mol. The second-order valence-electron chi connectivity index (χ2n) is 4.74. The molecule has 1 unspecified atom stereocenters. The molecule has 2 rings (SSSR count). The molecule has 8 heteroatoms. The number of nitrogens with zero attached hydrogens (tertiary/aromatic N) is 1. The number of ether oxygens (including phenoxy) is 1. The van der Waals surface area contributed by atoms with Crippen LogP contribution in [0.4, 0.5) is 0 Å². The molecule has 1 aliphatic heterocycles. The average molecular weight is 352 g/mol. The van der Waals surface area contributed by atoms with Gasteiger partial charge in [0.1, 0.15) is 0 Å². The smallest absolute Gasteiger partial charge is 0.334 e. The average Bonchev–Trinajstić information content (AvgIpc) is 2.77. The molecule has 0 radical (unpaired) electrons. The third-order valence-electron chi connectivity index (χ3n) is 3.26. The van der Waals surface area contributed by atoms with Crippen LogP contribution in [0.25, 0.3) is 0 Å². The summed E-state index contributed by atoms with van der Waals surface area (Å²) in [5, 5.41) is 8.91. The van der Waals surface area contributed by atoms with E-state index in [4.69, 9.17) is 33.0 Å². The molecular weight excluding hydrogens is 337 g/mol. The highest BCUT2D eigenvalue weighted by Crippen LogP contribution is 2.32. The molecule has 1 aromatic heterocycles. The van der Waals surface area contributed by atoms with Gasteiger partial charge in [-0.1, -0.05) is 23.2 Å². The fourth-order valence-corrected chi connectivity index (χ4v) is 3.70. The molecule has 116 valence electrons. The number of thiophene rings is 1. The minimum Gasteiger partial charge on any atom is -0.479 e. The fourth-order valence-electron chi connectivity index (χ4n) is 2.16. The fraction of sp³-hybridized carbons (Fsp3) is 0.538. The first-order valence-electron chi connectivity index (χ1n) is 6.53. The first-order chi connectivity index (χ1) is 9.97. The number of aryl methyl sites for hydroxylation is 1. The highest BCUT2D eigenvalue weighted by Gasteiger charge is 2.28. The van der Waals surface area contributed by atoms with Gasteiger partial charge in [0, 0.05) is 13.0 Å². The van der Waals surface area contributed by atoms with E-state index in [-0.39, 0.29) is 19.1 Å². The standard InChI is InChI=1S/C13H15Cl2NO4S/c14-10-6-8(12(15)21-10)2-1-3-11(17)16-4-5-20-9(7-16)13(18)19/h6,9H,1-5,7H2,(H,18,19). The van der Waals surface area contributed by atoms with Crippen LogP contribution in [0.15, 0.2) is 6.07 Å². The molecule has 0 spiro atoms. The van der Waals surface area contributed by atoms with Gasteiger partial charge >= 0.3 is 5.97 Å². The van der Waals surface area contributed by atoms with Crippen molar-refractivity contribution >= 4 is 46.4 Å². The summed E-state index contributed by atoms with van der Waals surface area (Å²) in [6, 6.07) is 1.81. The lowest BCUT2D eigenvalue weighted by molar-refractivity contribution is -0.159. The number of hydrogen-bond acceptors (Lipinski definition) is 4. The number of halogens is 2. The van der Waals surface area contributed by atoms with E-state index < -0.39 is 12.1 Å². The summed E-state index contributed by atoms with van der Waals surface area (Å²) in [6.45, 7) is 0.807. The highest BCUT2D eigenvalue weighted by atomic mass is 35.5. The summed E-state index contributed by atoms with van der Waals surface area (Å²) < 4.78 is 6.38. The Kier molecular flexibility index (Phi) is 5.87. The van der Waals surface area contributed by atoms with Gasteiger partial charge in [-0.2, -0.15) is 0 Å². The number of carbonyl (C=O) groups is 2. The van der Waals surface area contributed by atoms with E-state index in [1.807, 2.05) is 6.07 Å². The Morgan fingerprint density at radius 3 is 2.86 bits per heavy atom. The first kappa shape index (κ1) is 16.5. The number of carbonyl (C=O) groups excluding carboxylic acids is 1. The third-order valence-corrected chi connectivity index (χ3v) is 4.83. The van der Waals surface area contributed by atoms with Gasteiger partial charge in [-0.05, 0) is 24.5 Å². The van der Waals surface area contributed by atoms with Crippen LogP contribution < -0.4 is 0 Å². The van der Waals surface area contributed by atoms with Gasteiger partial charge in [0.2, 0.25) is 5.91 Å². The number of aliphatic carboxylic acids is 1. The Hall–Kier alpha value is -0.820. The van der Waals surface area contributed by atoms with Crippen molar-refractivity contribution in [3.8, 4) is 0 Å². The van der Waals surface area contributed by atoms with E-state index in [1.165, 1.54) is 11.3 Å². The molecule has 1 atom stereocenters. The topological polar surface area (TPSA) is 66.8 Å². The molecular formula is C13H15Cl2NO4S. The van der Waals surface area contributed by atoms with Crippen LogP contribution in [0, 0.1) is 0 Å². The second kappa shape index (κ2) is 7.45. The van der Waals surface area contributed by atoms with E-state index >= 15 is 0 Å². The zero-order valence-electron chi connectivity index (χ0n) is 11.2. The molecule has 0 aromatic carbocycles. The van der Waals surface area contributed by atoms with Gasteiger partial charge in [-0.25, -0.2) is 4.79 Å². The minimum atomic E-state index is -1.04. The largest absolute Gasteiger partial charge is 0.479 e. The predicted octanol–water partition coefficient (Wildman–Crippen LogP) is 2.69. The van der Waals surface area contributed by atoms with E-state index in [0.29, 0.717) is 34.5 Å². The van der Waals surface area contributed by atoms with Gasteiger partial charge in [0.25, 0.3) is 0 Å². The number of carboxylic acids is 1. The van der Waals surface area contributed by atoms with Gasteiger partial charge in [-0.3, -0.25) is 4.79 Å². The summed E-state index contributed by atoms with van der Waals surface area (Å²) >= 11 is 13.2. The van der Waals surface area contributed by atoms with Crippen molar-refractivity contribution in [2.75, 3.05) is 19.7 Å². The Bertz CT molecular complexity index is 534. The maximum Gasteiger partial charge on any atom is 0.334 e. The van der Waals surface area contributed by atoms with Crippen molar-refractivity contribution in [2.45, 2.75) is 25.4 Å². The third kappa shape index (κ3) is 4.57. The molecule has 1 saturated heterocycles. The molecule has 0 saturated carbocycles. The predicted molar refractivity (Wildman–Crippen MR) is 81.2 cm³/mol. The van der Waals surface area contributed by atoms with Crippen molar-refractivity contribution < 1.29 is 19.4 Å². The summed E-state index contributed by atoms with van der Waals surface area (Å²) in [7, 11) is 0. The SMILES string of the molecule is O=C(O)C1CN(C(=O)CCCc2cc(Cl)sc2Cl)CCO1. The molecule has 1 aliphatic rings. The number of rotatable bonds is 5. The summed E-state index contributed by atoms with van der Waals surface area (Å²) in [5.74, 6) is -1.09. The summed E-state index contributed by atoms with van der Waals surface area (Å²) in [4.78, 5) is 24.5. The van der Waals surface area contributed by atoms with Crippen molar-refractivity contribution in [1.82, 2.24) is 4.90 Å². The quantitative estimate of drug-likeness (QED) is 0.885. The van der Waals surface area contributed by atoms with Crippen LogP contribution in [0.3, 0.4) is 0 Å². The summed E-state index contributed by atoms with van der Waals surface area (Å²) in [6.07, 6.45) is 0.768. The van der Waals surface area contributed by atoms with Gasteiger partial charge < -0.3 is 14.7 Å². The van der Waals surface area contributed by atoms with Crippen LogP contribution in [-0.4, -0.2) is 47.7 Å². The number of hydrogen-bond donors (Lipinski definition) is 1. The minimum absolute atomic E-state index is 0.0537. The molecule has 0 bridgehead atoms. The van der Waals surface area contributed by atoms with Gasteiger partial charge in [0.15, 0.2) is 6.10 Å². The Morgan fingerprint density at radius 1 is 1.48 bits per heavy atom. The highest BCUT2D eigenvalue weighted by molar-refractivity contribution is 7.20. The Labute approximate surface area is 136 Å². The van der Waals surface area contributed by atoms with Gasteiger partial charge in [0.05, 0.1) is 21.8 Å². The summed E-state index contributed by atoms with van der Waals surface area (Å²) in [5.41, 5.74) is 0.949. The number of morpholine rings is 1. The Morgan fingerprint density at radius 2 is 2.24 bits per heavy atom. The zero-order valence-corrected chi connectivity index (χ0v) is 13.5. The van der Waals surface area contributed by atoms with Crippen molar-refractivity contribution in [3.63, 3.8) is 0 Å². The molecule has 21 heavy (non-hydrogen) atoms. The lowest BCUT2D eigenvalue weighted by Crippen LogP contribution is -2.48. The number of carboxylic acid groups (broad SMARTS) is 1. The van der Waals surface area contributed by atoms with E-state index in [2.05, 4.69) is 0 Å². The van der Waals surface area contributed by atoms with E-state index in [1.54, 1.807) is 4.90 Å². The molecule has 1 fully saturated rings. The van der Waals surface area contributed by atoms with Crippen LogP contribution >= 0.6 is 34.5 Å². The maximum absolute atomic E-state index is 12.1. The Balaban J connectivity index is 1.79. The molecule has 1 aromatic rings. The van der Waals surface area contributed by atoms with Crippen LogP contribution in [0.2, 0.25) is 8.67 Å². The zero-order chi connectivity index (χ0) is 15.4. The maximum atomic E-state index is 12.1. The van der Waals surface area contributed by atoms with Crippen LogP contribution in [0.1, 0.15) is 18.4 Å². The molecule has 1 amide bonds. The van der Waals surface area contributed by atoms with Crippen LogP contribution in [0.5, 0.6) is 0 Å². The van der Waals surface area contributed by atoms with E-state index in [0.717, 1.165) is 5.56 Å². The van der Waals surface area contributed by atoms with E-state index in [9.17, 15) is 9.59 Å². The molecule has 0 aliphatic carbocycles.